The molecule has 0 saturated carbocycles. The molecule has 2 aromatic rings. The van der Waals surface area contributed by atoms with E-state index in [1.165, 1.54) is 11.8 Å². The summed E-state index contributed by atoms with van der Waals surface area (Å²) in [6.07, 6.45) is 1.82. The van der Waals surface area contributed by atoms with Crippen molar-refractivity contribution in [3.63, 3.8) is 0 Å². The second-order valence-corrected chi connectivity index (χ2v) is 6.74. The SMILES string of the molecule is Cc1cccc(C)c1N=C1NC(=O)/C(=C\c2cccc(Cl)c2)S1. The van der Waals surface area contributed by atoms with E-state index in [2.05, 4.69) is 10.3 Å². The fourth-order valence-corrected chi connectivity index (χ4v) is 3.34. The van der Waals surface area contributed by atoms with Gasteiger partial charge < -0.3 is 5.32 Å². The third-order valence-electron chi connectivity index (χ3n) is 3.45. The third-order valence-corrected chi connectivity index (χ3v) is 4.60. The molecular formula is C18H15ClN2OS. The molecular weight excluding hydrogens is 328 g/mol. The number of amidine groups is 1. The molecule has 5 heteroatoms. The van der Waals surface area contributed by atoms with Crippen molar-refractivity contribution in [3.8, 4) is 0 Å². The Morgan fingerprint density at radius 1 is 1.13 bits per heavy atom. The molecule has 0 bridgehead atoms. The van der Waals surface area contributed by atoms with Crippen LogP contribution in [0.2, 0.25) is 5.02 Å². The summed E-state index contributed by atoms with van der Waals surface area (Å²) in [5.41, 5.74) is 3.96. The molecule has 1 heterocycles. The van der Waals surface area contributed by atoms with Crippen molar-refractivity contribution >= 4 is 46.2 Å². The molecule has 0 radical (unpaired) electrons. The summed E-state index contributed by atoms with van der Waals surface area (Å²) in [4.78, 5) is 17.3. The zero-order chi connectivity index (χ0) is 16.4. The van der Waals surface area contributed by atoms with E-state index in [0.29, 0.717) is 15.1 Å². The fraction of sp³-hybridized carbons (Fsp3) is 0.111. The first-order chi connectivity index (χ1) is 11.0. The van der Waals surface area contributed by atoms with Gasteiger partial charge in [-0.25, -0.2) is 4.99 Å². The van der Waals surface area contributed by atoms with Crippen molar-refractivity contribution in [2.45, 2.75) is 13.8 Å². The normalized spacial score (nSPS) is 17.8. The summed E-state index contributed by atoms with van der Waals surface area (Å²) in [7, 11) is 0. The summed E-state index contributed by atoms with van der Waals surface area (Å²) in [6, 6.07) is 13.4. The van der Waals surface area contributed by atoms with E-state index in [4.69, 9.17) is 11.6 Å². The van der Waals surface area contributed by atoms with Crippen LogP contribution in [0.15, 0.2) is 52.4 Å². The number of hydrogen-bond acceptors (Lipinski definition) is 3. The van der Waals surface area contributed by atoms with Gasteiger partial charge in [-0.2, -0.15) is 0 Å². The number of aryl methyl sites for hydroxylation is 2. The van der Waals surface area contributed by atoms with Gasteiger partial charge in [-0.05, 0) is 60.5 Å². The lowest BCUT2D eigenvalue weighted by molar-refractivity contribution is -0.115. The molecule has 0 aliphatic carbocycles. The van der Waals surface area contributed by atoms with Crippen molar-refractivity contribution < 1.29 is 4.79 Å². The van der Waals surface area contributed by atoms with Crippen LogP contribution in [0.25, 0.3) is 6.08 Å². The molecule has 2 aromatic carbocycles. The molecule has 0 spiro atoms. The Kier molecular flexibility index (Phi) is 4.55. The largest absolute Gasteiger partial charge is 0.300 e. The van der Waals surface area contributed by atoms with Gasteiger partial charge in [-0.1, -0.05) is 41.9 Å². The van der Waals surface area contributed by atoms with E-state index in [9.17, 15) is 4.79 Å². The van der Waals surface area contributed by atoms with Gasteiger partial charge in [0.15, 0.2) is 5.17 Å². The monoisotopic (exact) mass is 342 g/mol. The molecule has 0 aromatic heterocycles. The number of benzene rings is 2. The summed E-state index contributed by atoms with van der Waals surface area (Å²) < 4.78 is 0. The fourth-order valence-electron chi connectivity index (χ4n) is 2.31. The Labute approximate surface area is 144 Å². The van der Waals surface area contributed by atoms with Crippen molar-refractivity contribution in [1.29, 1.82) is 0 Å². The molecule has 1 N–H and O–H groups in total. The maximum absolute atomic E-state index is 12.1. The molecule has 1 aliphatic heterocycles. The molecule has 0 atom stereocenters. The zero-order valence-electron chi connectivity index (χ0n) is 12.8. The Morgan fingerprint density at radius 3 is 2.52 bits per heavy atom. The average Bonchev–Trinajstić information content (AvgIpc) is 2.83. The maximum Gasteiger partial charge on any atom is 0.264 e. The number of hydrogen-bond donors (Lipinski definition) is 1. The summed E-state index contributed by atoms with van der Waals surface area (Å²) >= 11 is 7.32. The van der Waals surface area contributed by atoms with Gasteiger partial charge in [0.2, 0.25) is 0 Å². The predicted octanol–water partition coefficient (Wildman–Crippen LogP) is 4.85. The molecule has 0 unspecified atom stereocenters. The first-order valence-electron chi connectivity index (χ1n) is 7.14. The Bertz CT molecular complexity index is 822. The van der Waals surface area contributed by atoms with E-state index in [0.717, 1.165) is 22.4 Å². The lowest BCUT2D eigenvalue weighted by atomic mass is 10.1. The van der Waals surface area contributed by atoms with Gasteiger partial charge >= 0.3 is 0 Å². The molecule has 3 rings (SSSR count). The maximum atomic E-state index is 12.1. The highest BCUT2D eigenvalue weighted by atomic mass is 35.5. The number of halogens is 1. The van der Waals surface area contributed by atoms with Gasteiger partial charge in [-0.3, -0.25) is 4.79 Å². The number of aliphatic imine (C=N–C) groups is 1. The Balaban J connectivity index is 1.89. The third kappa shape index (κ3) is 3.66. The smallest absolute Gasteiger partial charge is 0.264 e. The number of nitrogens with one attached hydrogen (secondary N) is 1. The number of nitrogens with zero attached hydrogens (tertiary/aromatic N) is 1. The first-order valence-corrected chi connectivity index (χ1v) is 8.34. The van der Waals surface area contributed by atoms with Crippen LogP contribution in [0, 0.1) is 13.8 Å². The van der Waals surface area contributed by atoms with E-state index >= 15 is 0 Å². The van der Waals surface area contributed by atoms with E-state index in [1.54, 1.807) is 6.07 Å². The van der Waals surface area contributed by atoms with E-state index in [-0.39, 0.29) is 5.91 Å². The number of para-hydroxylation sites is 1. The topological polar surface area (TPSA) is 41.5 Å². The van der Waals surface area contributed by atoms with E-state index < -0.39 is 0 Å². The average molecular weight is 343 g/mol. The van der Waals surface area contributed by atoms with Gasteiger partial charge in [0.25, 0.3) is 5.91 Å². The molecule has 3 nitrogen and oxygen atoms in total. The molecule has 1 fully saturated rings. The van der Waals surface area contributed by atoms with Crippen LogP contribution in [0.5, 0.6) is 0 Å². The van der Waals surface area contributed by atoms with Crippen molar-refractivity contribution in [2.75, 3.05) is 0 Å². The van der Waals surface area contributed by atoms with Crippen LogP contribution in [0.3, 0.4) is 0 Å². The molecule has 116 valence electrons. The van der Waals surface area contributed by atoms with Crippen LogP contribution in [0.1, 0.15) is 16.7 Å². The molecule has 1 amide bonds. The van der Waals surface area contributed by atoms with Crippen molar-refractivity contribution in [1.82, 2.24) is 5.32 Å². The highest BCUT2D eigenvalue weighted by Gasteiger charge is 2.24. The van der Waals surface area contributed by atoms with Gasteiger partial charge in [-0.15, -0.1) is 0 Å². The van der Waals surface area contributed by atoms with Crippen LogP contribution >= 0.6 is 23.4 Å². The minimum absolute atomic E-state index is 0.139. The Morgan fingerprint density at radius 2 is 1.83 bits per heavy atom. The van der Waals surface area contributed by atoms with Crippen LogP contribution in [-0.2, 0) is 4.79 Å². The number of carbonyl (C=O) groups excluding carboxylic acids is 1. The highest BCUT2D eigenvalue weighted by molar-refractivity contribution is 8.18. The van der Waals surface area contributed by atoms with Gasteiger partial charge in [0, 0.05) is 5.02 Å². The summed E-state index contributed by atoms with van der Waals surface area (Å²) in [5.74, 6) is -0.139. The molecule has 23 heavy (non-hydrogen) atoms. The summed E-state index contributed by atoms with van der Waals surface area (Å²) in [6.45, 7) is 4.02. The minimum atomic E-state index is -0.139. The predicted molar refractivity (Wildman–Crippen MR) is 98.2 cm³/mol. The van der Waals surface area contributed by atoms with E-state index in [1.807, 2.05) is 56.3 Å². The number of thioether (sulfide) groups is 1. The molecule has 1 aliphatic rings. The quantitative estimate of drug-likeness (QED) is 0.793. The zero-order valence-corrected chi connectivity index (χ0v) is 14.3. The van der Waals surface area contributed by atoms with Crippen LogP contribution < -0.4 is 5.32 Å². The van der Waals surface area contributed by atoms with Gasteiger partial charge in [0.05, 0.1) is 10.6 Å². The van der Waals surface area contributed by atoms with Crippen LogP contribution in [-0.4, -0.2) is 11.1 Å². The van der Waals surface area contributed by atoms with Crippen molar-refractivity contribution in [2.24, 2.45) is 4.99 Å². The number of rotatable bonds is 2. The lowest BCUT2D eigenvalue weighted by Gasteiger charge is -2.04. The standard InChI is InChI=1S/C18H15ClN2OS/c1-11-5-3-6-12(2)16(11)20-18-21-17(22)15(23-18)10-13-7-4-8-14(19)9-13/h3-10H,1-2H3,(H,20,21,22)/b15-10+. The number of amides is 1. The Hall–Kier alpha value is -2.04. The van der Waals surface area contributed by atoms with Crippen molar-refractivity contribution in [3.05, 3.63) is 69.1 Å². The van der Waals surface area contributed by atoms with Gasteiger partial charge in [0.1, 0.15) is 0 Å². The summed E-state index contributed by atoms with van der Waals surface area (Å²) in [5, 5.41) is 4.06. The molecule has 1 saturated heterocycles. The second kappa shape index (κ2) is 6.60. The highest BCUT2D eigenvalue weighted by Crippen LogP contribution is 2.30. The second-order valence-electron chi connectivity index (χ2n) is 5.28. The lowest BCUT2D eigenvalue weighted by Crippen LogP contribution is -2.19. The number of carbonyl (C=O) groups is 1. The first kappa shape index (κ1) is 15.8. The minimum Gasteiger partial charge on any atom is -0.300 e. The van der Waals surface area contributed by atoms with Crippen LogP contribution in [0.4, 0.5) is 5.69 Å².